The Kier molecular flexibility index (Phi) is 5.62. The maximum Gasteiger partial charge on any atom is 0.274 e. The van der Waals surface area contributed by atoms with E-state index < -0.39 is 11.5 Å². The van der Waals surface area contributed by atoms with E-state index in [2.05, 4.69) is 9.97 Å². The lowest BCUT2D eigenvalue weighted by molar-refractivity contribution is -0.131. The van der Waals surface area contributed by atoms with Crippen molar-refractivity contribution in [3.63, 3.8) is 0 Å². The van der Waals surface area contributed by atoms with Gasteiger partial charge in [0, 0.05) is 38.2 Å². The number of hydrogen-bond donors (Lipinski definition) is 0. The van der Waals surface area contributed by atoms with Crippen LogP contribution in [-0.4, -0.2) is 70.8 Å². The molecule has 0 N–H and O–H groups in total. The molecule has 188 valence electrons. The van der Waals surface area contributed by atoms with Crippen LogP contribution in [0.4, 0.5) is 5.69 Å². The van der Waals surface area contributed by atoms with Gasteiger partial charge in [-0.15, -0.1) is 0 Å². The smallest absolute Gasteiger partial charge is 0.274 e. The van der Waals surface area contributed by atoms with Crippen LogP contribution >= 0.6 is 0 Å². The van der Waals surface area contributed by atoms with E-state index in [1.54, 1.807) is 21.7 Å². The topological polar surface area (TPSA) is 95.9 Å². The highest BCUT2D eigenvalue weighted by Gasteiger charge is 2.62. The maximum atomic E-state index is 14.4. The second-order valence-corrected chi connectivity index (χ2v) is 9.71. The number of aromatic nitrogens is 2. The molecule has 3 amide bonds. The van der Waals surface area contributed by atoms with Crippen molar-refractivity contribution in [1.82, 2.24) is 19.8 Å². The van der Waals surface area contributed by atoms with Crippen molar-refractivity contribution < 1.29 is 19.1 Å². The van der Waals surface area contributed by atoms with Gasteiger partial charge in [-0.2, -0.15) is 0 Å². The molecule has 4 heterocycles. The number of rotatable bonds is 1. The first-order valence-electron chi connectivity index (χ1n) is 12.5. The molecule has 0 unspecified atom stereocenters. The summed E-state index contributed by atoms with van der Waals surface area (Å²) >= 11 is 0. The number of nitrogens with zero attached hydrogens (tertiary/aromatic N) is 5. The van der Waals surface area contributed by atoms with Crippen LogP contribution in [0.15, 0.2) is 67.1 Å². The van der Waals surface area contributed by atoms with Crippen LogP contribution in [0.3, 0.4) is 0 Å². The number of benzene rings is 2. The molecule has 1 spiro atoms. The minimum atomic E-state index is -1.05. The molecule has 3 aliphatic heterocycles. The van der Waals surface area contributed by atoms with Crippen LogP contribution < -0.4 is 9.64 Å². The van der Waals surface area contributed by atoms with Crippen LogP contribution in [0, 0.1) is 0 Å². The van der Waals surface area contributed by atoms with Crippen molar-refractivity contribution in [2.24, 2.45) is 0 Å². The van der Waals surface area contributed by atoms with Gasteiger partial charge in [-0.3, -0.25) is 19.4 Å². The number of carbonyl (C=O) groups excluding carboxylic acids is 3. The molecule has 3 aliphatic rings. The molecule has 0 saturated carbocycles. The third-order valence-corrected chi connectivity index (χ3v) is 7.67. The van der Waals surface area contributed by atoms with Gasteiger partial charge in [-0.1, -0.05) is 30.3 Å². The predicted molar refractivity (Wildman–Crippen MR) is 135 cm³/mol. The average molecular weight is 498 g/mol. The van der Waals surface area contributed by atoms with Crippen LogP contribution in [0.25, 0.3) is 0 Å². The Morgan fingerprint density at radius 2 is 1.95 bits per heavy atom. The Bertz CT molecular complexity index is 1380. The Labute approximate surface area is 214 Å². The fourth-order valence-corrected chi connectivity index (χ4v) is 5.93. The van der Waals surface area contributed by atoms with E-state index in [1.165, 1.54) is 18.6 Å². The Morgan fingerprint density at radius 1 is 1.08 bits per heavy atom. The summed E-state index contributed by atoms with van der Waals surface area (Å²) in [5.41, 5.74) is 1.53. The summed E-state index contributed by atoms with van der Waals surface area (Å²) in [6, 6.07) is 14.6. The Balaban J connectivity index is 1.55. The average Bonchev–Trinajstić information content (AvgIpc) is 3.44. The van der Waals surface area contributed by atoms with Crippen molar-refractivity contribution in [3.8, 4) is 5.75 Å². The quantitative estimate of drug-likeness (QED) is 0.513. The fourth-order valence-electron chi connectivity index (χ4n) is 5.93. The van der Waals surface area contributed by atoms with E-state index in [4.69, 9.17) is 4.74 Å². The van der Waals surface area contributed by atoms with Gasteiger partial charge in [0.25, 0.3) is 5.91 Å². The third kappa shape index (κ3) is 3.64. The van der Waals surface area contributed by atoms with E-state index in [1.807, 2.05) is 48.5 Å². The number of anilines is 1. The molecule has 9 heteroatoms. The first-order valence-corrected chi connectivity index (χ1v) is 12.5. The molecule has 0 aliphatic carbocycles. The summed E-state index contributed by atoms with van der Waals surface area (Å²) < 4.78 is 6.02. The second kappa shape index (κ2) is 8.99. The normalized spacial score (nSPS) is 23.3. The molecule has 37 heavy (non-hydrogen) atoms. The fraction of sp³-hybridized carbons (Fsp3) is 0.321. The molecule has 2 aromatic carbocycles. The third-order valence-electron chi connectivity index (χ3n) is 7.67. The van der Waals surface area contributed by atoms with Gasteiger partial charge in [-0.25, -0.2) is 4.98 Å². The van der Waals surface area contributed by atoms with Crippen molar-refractivity contribution >= 4 is 23.4 Å². The predicted octanol–water partition coefficient (Wildman–Crippen LogP) is 2.59. The zero-order valence-corrected chi connectivity index (χ0v) is 20.5. The summed E-state index contributed by atoms with van der Waals surface area (Å²) in [6.07, 6.45) is 5.53. The molecular weight excluding hydrogens is 470 g/mol. The molecule has 1 saturated heterocycles. The molecule has 2 atom stereocenters. The number of fused-ring (bicyclic) bond motifs is 6. The molecule has 1 fully saturated rings. The molecule has 3 aromatic rings. The van der Waals surface area contributed by atoms with Crippen molar-refractivity contribution in [2.45, 2.75) is 24.3 Å². The maximum absolute atomic E-state index is 14.4. The standard InChI is InChI=1S/C28H27N5O4/c1-31-13-5-15-37-20-7-4-6-19(16-20)25-28(10-14-32(25)26(35)22-17-29-11-12-30-22)21-8-2-3-9-23(21)33(27(28)36)18-24(31)34/h2-4,6-9,11-12,16-17,25H,5,10,13-15,18H2,1H3/t25-,28+/m0/s1. The summed E-state index contributed by atoms with van der Waals surface area (Å²) in [4.78, 5) is 54.6. The number of hydrogen-bond acceptors (Lipinski definition) is 6. The lowest BCUT2D eigenvalue weighted by atomic mass is 9.72. The largest absolute Gasteiger partial charge is 0.494 e. The lowest BCUT2D eigenvalue weighted by Gasteiger charge is -2.35. The van der Waals surface area contributed by atoms with Gasteiger partial charge in [0.1, 0.15) is 23.4 Å². The van der Waals surface area contributed by atoms with Crippen molar-refractivity contribution in [2.75, 3.05) is 38.2 Å². The van der Waals surface area contributed by atoms with E-state index in [-0.39, 0.29) is 30.0 Å². The number of para-hydroxylation sites is 1. The zero-order valence-electron chi connectivity index (χ0n) is 20.5. The number of ether oxygens (including phenoxy) is 1. The van der Waals surface area contributed by atoms with Crippen LogP contribution in [0.2, 0.25) is 0 Å². The second-order valence-electron chi connectivity index (χ2n) is 9.71. The lowest BCUT2D eigenvalue weighted by Crippen LogP contribution is -2.48. The molecule has 4 bridgehead atoms. The Hall–Kier alpha value is -4.27. The first-order chi connectivity index (χ1) is 18.0. The number of amides is 3. The monoisotopic (exact) mass is 497 g/mol. The van der Waals surface area contributed by atoms with E-state index in [0.717, 1.165) is 16.8 Å². The van der Waals surface area contributed by atoms with E-state index >= 15 is 0 Å². The number of likely N-dealkylation sites (tertiary alicyclic amines) is 1. The molecular formula is C28H27N5O4. The number of carbonyl (C=O) groups is 3. The summed E-state index contributed by atoms with van der Waals surface area (Å²) in [5, 5.41) is 0. The molecule has 0 radical (unpaired) electrons. The minimum absolute atomic E-state index is 0.0557. The molecule has 6 rings (SSSR count). The highest BCUT2D eigenvalue weighted by atomic mass is 16.5. The van der Waals surface area contributed by atoms with E-state index in [9.17, 15) is 14.4 Å². The summed E-state index contributed by atoms with van der Waals surface area (Å²) in [7, 11) is 1.75. The van der Waals surface area contributed by atoms with Gasteiger partial charge < -0.3 is 19.4 Å². The summed E-state index contributed by atoms with van der Waals surface area (Å²) in [5.74, 6) is 0.0612. The SMILES string of the molecule is CN1CCCOc2cccc(c2)[C@@H]2N(C(=O)c3cnccn3)CC[C@]23C(=O)N(CC1=O)c1ccccc13. The van der Waals surface area contributed by atoms with Gasteiger partial charge in [0.2, 0.25) is 11.8 Å². The highest BCUT2D eigenvalue weighted by Crippen LogP contribution is 2.57. The van der Waals surface area contributed by atoms with E-state index in [0.29, 0.717) is 38.3 Å². The van der Waals surface area contributed by atoms with Crippen LogP contribution in [-0.2, 0) is 15.0 Å². The van der Waals surface area contributed by atoms with Crippen LogP contribution in [0.5, 0.6) is 5.75 Å². The number of likely N-dealkylation sites (N-methyl/N-ethyl adjacent to an activating group) is 1. The van der Waals surface area contributed by atoms with Crippen LogP contribution in [0.1, 0.15) is 40.5 Å². The minimum Gasteiger partial charge on any atom is -0.494 e. The Morgan fingerprint density at radius 3 is 2.78 bits per heavy atom. The molecule has 9 nitrogen and oxygen atoms in total. The van der Waals surface area contributed by atoms with Gasteiger partial charge in [0.05, 0.1) is 18.8 Å². The van der Waals surface area contributed by atoms with Gasteiger partial charge in [0.15, 0.2) is 0 Å². The van der Waals surface area contributed by atoms with Crippen molar-refractivity contribution in [3.05, 3.63) is 83.9 Å². The highest BCUT2D eigenvalue weighted by molar-refractivity contribution is 6.12. The van der Waals surface area contributed by atoms with Crippen molar-refractivity contribution in [1.29, 1.82) is 0 Å². The zero-order chi connectivity index (χ0) is 25.6. The summed E-state index contributed by atoms with van der Waals surface area (Å²) in [6.45, 7) is 1.27. The first kappa shape index (κ1) is 23.1. The van der Waals surface area contributed by atoms with Gasteiger partial charge >= 0.3 is 0 Å². The van der Waals surface area contributed by atoms with Gasteiger partial charge in [-0.05, 0) is 42.2 Å². The molecule has 1 aromatic heterocycles.